The fourth-order valence-electron chi connectivity index (χ4n) is 2.53. The summed E-state index contributed by atoms with van der Waals surface area (Å²) in [6.45, 7) is 7.88. The van der Waals surface area contributed by atoms with Gasteiger partial charge in [-0.2, -0.15) is 0 Å². The van der Waals surface area contributed by atoms with Crippen LogP contribution in [0.1, 0.15) is 45.5 Å². The lowest BCUT2D eigenvalue weighted by Gasteiger charge is -2.38. The van der Waals surface area contributed by atoms with E-state index in [9.17, 15) is 20.1 Å². The summed E-state index contributed by atoms with van der Waals surface area (Å²) in [6.07, 6.45) is -3.67. The number of carboxylic acid groups (broad SMARTS) is 1. The molecule has 0 aliphatic carbocycles. The van der Waals surface area contributed by atoms with Crippen LogP contribution in [0.15, 0.2) is 6.20 Å². The number of hydrogen-bond acceptors (Lipinski definition) is 8. The highest BCUT2D eigenvalue weighted by molar-refractivity contribution is 5.73. The Morgan fingerprint density at radius 2 is 1.92 bits per heavy atom. The van der Waals surface area contributed by atoms with Crippen molar-refractivity contribution in [2.45, 2.75) is 70.7 Å². The van der Waals surface area contributed by atoms with E-state index in [1.807, 2.05) is 13.8 Å². The van der Waals surface area contributed by atoms with Crippen molar-refractivity contribution in [1.82, 2.24) is 20.3 Å². The molecule has 0 saturated carbocycles. The Labute approximate surface area is 152 Å². The van der Waals surface area contributed by atoms with Gasteiger partial charge in [0.05, 0.1) is 11.9 Å². The van der Waals surface area contributed by atoms with Crippen molar-refractivity contribution >= 4 is 5.97 Å². The highest BCUT2D eigenvalue weighted by Crippen LogP contribution is 2.28. The van der Waals surface area contributed by atoms with Gasteiger partial charge in [0, 0.05) is 0 Å². The van der Waals surface area contributed by atoms with Crippen LogP contribution in [0.5, 0.6) is 0 Å². The van der Waals surface area contributed by atoms with E-state index in [2.05, 4.69) is 22.6 Å². The second kappa shape index (κ2) is 11.2. The molecular weight excluding hydrogens is 344 g/mol. The van der Waals surface area contributed by atoms with Crippen LogP contribution < -0.4 is 5.32 Å². The molecule has 5 N–H and O–H groups in total. The quantitative estimate of drug-likeness (QED) is 0.372. The molecule has 10 heteroatoms. The van der Waals surface area contributed by atoms with Gasteiger partial charge in [-0.3, -0.25) is 0 Å². The van der Waals surface area contributed by atoms with Crippen molar-refractivity contribution in [2.24, 2.45) is 0 Å². The number of aryl methyl sites for hydroxylation is 1. The molecule has 0 aromatic carbocycles. The van der Waals surface area contributed by atoms with Crippen molar-refractivity contribution in [1.29, 1.82) is 0 Å². The van der Waals surface area contributed by atoms with Crippen LogP contribution in [0.4, 0.5) is 0 Å². The van der Waals surface area contributed by atoms with E-state index in [1.165, 1.54) is 10.9 Å². The Balaban J connectivity index is 0.00000163. The third-order valence-electron chi connectivity index (χ3n) is 3.86. The Morgan fingerprint density at radius 3 is 2.54 bits per heavy atom. The number of nitrogens with one attached hydrogen (secondary N) is 1. The molecule has 1 aliphatic rings. The standard InChI is InChI=1S/C14H24N4O6.C2H6/c1-2-5-15-6-3-4-8-7-18(17-16-8)13-11(21)9(19)10(20)12(24-13)14(22)23;1-2/h7,9-13,15,19-21H,2-6H2,1H3,(H,22,23);1-2H3. The second-order valence-corrected chi connectivity index (χ2v) is 5.80. The van der Waals surface area contributed by atoms with Gasteiger partial charge in [0.2, 0.25) is 0 Å². The highest BCUT2D eigenvalue weighted by atomic mass is 16.6. The van der Waals surface area contributed by atoms with Gasteiger partial charge >= 0.3 is 5.97 Å². The van der Waals surface area contributed by atoms with Crippen LogP contribution in [-0.4, -0.2) is 78.9 Å². The molecule has 1 fully saturated rings. The molecule has 5 atom stereocenters. The predicted molar refractivity (Wildman–Crippen MR) is 92.4 cm³/mol. The Morgan fingerprint density at radius 1 is 1.23 bits per heavy atom. The third-order valence-corrected chi connectivity index (χ3v) is 3.86. The maximum absolute atomic E-state index is 11.1. The number of hydrogen-bond donors (Lipinski definition) is 5. The zero-order chi connectivity index (χ0) is 19.7. The summed E-state index contributed by atoms with van der Waals surface area (Å²) in [5.74, 6) is -1.43. The maximum atomic E-state index is 11.1. The average Bonchev–Trinajstić information content (AvgIpc) is 3.10. The first-order valence-electron chi connectivity index (χ1n) is 8.99. The molecule has 1 aromatic heterocycles. The number of ether oxygens (including phenoxy) is 1. The normalized spacial score (nSPS) is 28.3. The largest absolute Gasteiger partial charge is 0.479 e. The van der Waals surface area contributed by atoms with Gasteiger partial charge in [-0.05, 0) is 32.4 Å². The molecule has 5 unspecified atom stereocenters. The molecule has 26 heavy (non-hydrogen) atoms. The van der Waals surface area contributed by atoms with E-state index in [1.54, 1.807) is 0 Å². The van der Waals surface area contributed by atoms with Gasteiger partial charge < -0.3 is 30.5 Å². The second-order valence-electron chi connectivity index (χ2n) is 5.80. The van der Waals surface area contributed by atoms with Crippen LogP contribution in [-0.2, 0) is 16.0 Å². The van der Waals surface area contributed by atoms with Gasteiger partial charge in [-0.15, -0.1) is 5.10 Å². The average molecular weight is 374 g/mol. The van der Waals surface area contributed by atoms with E-state index < -0.39 is 36.6 Å². The van der Waals surface area contributed by atoms with Gasteiger partial charge in [0.1, 0.15) is 18.3 Å². The van der Waals surface area contributed by atoms with Crippen LogP contribution in [0.25, 0.3) is 0 Å². The lowest BCUT2D eigenvalue weighted by molar-refractivity contribution is -0.249. The summed E-state index contributed by atoms with van der Waals surface area (Å²) >= 11 is 0. The molecule has 1 saturated heterocycles. The number of carbonyl (C=O) groups is 1. The summed E-state index contributed by atoms with van der Waals surface area (Å²) < 4.78 is 6.36. The number of nitrogens with zero attached hydrogens (tertiary/aromatic N) is 3. The minimum Gasteiger partial charge on any atom is -0.479 e. The zero-order valence-electron chi connectivity index (χ0n) is 15.4. The first-order chi connectivity index (χ1) is 12.5. The van der Waals surface area contributed by atoms with E-state index in [0.29, 0.717) is 12.1 Å². The fraction of sp³-hybridized carbons (Fsp3) is 0.812. The highest BCUT2D eigenvalue weighted by Gasteiger charge is 2.48. The van der Waals surface area contributed by atoms with Gasteiger partial charge in [-0.1, -0.05) is 26.0 Å². The first-order valence-corrected chi connectivity index (χ1v) is 8.99. The molecule has 150 valence electrons. The minimum absolute atomic E-state index is 0.660. The molecule has 1 aromatic rings. The minimum atomic E-state index is -1.72. The first kappa shape index (κ1) is 22.5. The number of aliphatic hydroxyl groups is 3. The third kappa shape index (κ3) is 5.71. The molecule has 0 radical (unpaired) electrons. The van der Waals surface area contributed by atoms with Gasteiger partial charge in [0.15, 0.2) is 12.3 Å². The Kier molecular flexibility index (Phi) is 9.66. The Hall–Kier alpha value is -1.59. The van der Waals surface area contributed by atoms with Crippen molar-refractivity contribution in [3.8, 4) is 0 Å². The topological polar surface area (TPSA) is 150 Å². The lowest BCUT2D eigenvalue weighted by Crippen LogP contribution is -2.57. The molecule has 1 aliphatic heterocycles. The number of aromatic nitrogens is 3. The van der Waals surface area contributed by atoms with E-state index in [0.717, 1.165) is 25.9 Å². The zero-order valence-corrected chi connectivity index (χ0v) is 15.4. The van der Waals surface area contributed by atoms with Crippen molar-refractivity contribution < 1.29 is 30.0 Å². The molecule has 2 rings (SSSR count). The SMILES string of the molecule is CC.CCCNCCCc1cn(C2OC(C(=O)O)C(O)C(O)C2O)nn1. The van der Waals surface area contributed by atoms with Crippen LogP contribution >= 0.6 is 0 Å². The van der Waals surface area contributed by atoms with Crippen LogP contribution in [0, 0.1) is 0 Å². The summed E-state index contributed by atoms with van der Waals surface area (Å²) in [6, 6.07) is 0. The number of rotatable bonds is 8. The van der Waals surface area contributed by atoms with Gasteiger partial charge in [-0.25, -0.2) is 9.48 Å². The number of carboxylic acids is 1. The summed E-state index contributed by atoms with van der Waals surface area (Å²) in [5, 5.41) is 49.6. The van der Waals surface area contributed by atoms with Crippen LogP contribution in [0.3, 0.4) is 0 Å². The smallest absolute Gasteiger partial charge is 0.335 e. The molecule has 2 heterocycles. The van der Waals surface area contributed by atoms with E-state index in [-0.39, 0.29) is 0 Å². The van der Waals surface area contributed by atoms with Crippen molar-refractivity contribution in [3.05, 3.63) is 11.9 Å². The molecule has 0 bridgehead atoms. The van der Waals surface area contributed by atoms with E-state index in [4.69, 9.17) is 9.84 Å². The molecule has 0 amide bonds. The predicted octanol–water partition coefficient (Wildman–Crippen LogP) is -0.699. The molecule has 10 nitrogen and oxygen atoms in total. The molecule has 0 spiro atoms. The van der Waals surface area contributed by atoms with E-state index >= 15 is 0 Å². The summed E-state index contributed by atoms with van der Waals surface area (Å²) in [7, 11) is 0. The number of aliphatic hydroxyl groups excluding tert-OH is 3. The monoisotopic (exact) mass is 374 g/mol. The summed E-state index contributed by atoms with van der Waals surface area (Å²) in [4.78, 5) is 11.1. The Bertz CT molecular complexity index is 541. The van der Waals surface area contributed by atoms with Gasteiger partial charge in [0.25, 0.3) is 0 Å². The lowest BCUT2D eigenvalue weighted by atomic mass is 9.98. The molecular formula is C16H30N4O6. The maximum Gasteiger partial charge on any atom is 0.335 e. The van der Waals surface area contributed by atoms with Crippen LogP contribution in [0.2, 0.25) is 0 Å². The van der Waals surface area contributed by atoms with Crippen molar-refractivity contribution in [3.63, 3.8) is 0 Å². The van der Waals surface area contributed by atoms with Crippen molar-refractivity contribution in [2.75, 3.05) is 13.1 Å². The number of aliphatic carboxylic acids is 1. The summed E-state index contributed by atoms with van der Waals surface area (Å²) in [5.41, 5.74) is 0.664. The fourth-order valence-corrected chi connectivity index (χ4v) is 2.53.